The first kappa shape index (κ1) is 11.4. The average molecular weight is 245 g/mol. The molecule has 0 aromatic rings. The molecule has 0 saturated heterocycles. The van der Waals surface area contributed by atoms with Crippen LogP contribution in [0.3, 0.4) is 0 Å². The molecule has 0 aromatic heterocycles. The molecule has 2 bridgehead atoms. The zero-order valence-corrected chi connectivity index (χ0v) is 10.1. The first-order valence-corrected chi connectivity index (χ1v) is 6.09. The highest BCUT2D eigenvalue weighted by Crippen LogP contribution is 2.87. The van der Waals surface area contributed by atoms with Gasteiger partial charge in [0.1, 0.15) is 5.41 Å². The summed E-state index contributed by atoms with van der Waals surface area (Å²) >= 11 is 0. The van der Waals surface area contributed by atoms with Crippen molar-refractivity contribution in [2.24, 2.45) is 16.6 Å². The Kier molecular flexibility index (Phi) is 1.78. The Morgan fingerprint density at radius 2 is 1.82 bits per heavy atom. The number of esters is 1. The fraction of sp³-hybridized carbons (Fsp3) is 0.917. The molecule has 4 saturated carbocycles. The second-order valence-corrected chi connectivity index (χ2v) is 6.20. The van der Waals surface area contributed by atoms with E-state index in [9.17, 15) is 13.6 Å². The van der Waals surface area contributed by atoms with E-state index in [1.165, 1.54) is 0 Å². The lowest BCUT2D eigenvalue weighted by Gasteiger charge is -2.75. The average Bonchev–Trinajstić information content (AvgIpc) is 2.80. The van der Waals surface area contributed by atoms with Crippen molar-refractivity contribution in [2.45, 2.75) is 57.1 Å². The number of carbonyl (C=O) groups excluding carboxylic acids is 1. The van der Waals surface area contributed by atoms with Gasteiger partial charge in [-0.15, -0.1) is 0 Å². The lowest BCUT2D eigenvalue weighted by atomic mass is 9.29. The monoisotopic (exact) mass is 245 g/mol. The van der Waals surface area contributed by atoms with Gasteiger partial charge in [-0.25, -0.2) is 8.78 Å². The van der Waals surface area contributed by atoms with Gasteiger partial charge in [0.15, 0.2) is 0 Å². The first-order valence-electron chi connectivity index (χ1n) is 6.09. The van der Waals surface area contributed by atoms with Gasteiger partial charge in [-0.1, -0.05) is 0 Å². The predicted molar refractivity (Wildman–Crippen MR) is 56.4 cm³/mol. The van der Waals surface area contributed by atoms with Gasteiger partial charge in [0, 0.05) is 5.54 Å². The molecule has 0 radical (unpaired) electrons. The van der Waals surface area contributed by atoms with E-state index in [2.05, 4.69) is 0 Å². The highest BCUT2D eigenvalue weighted by molar-refractivity contribution is 5.84. The lowest BCUT2D eigenvalue weighted by Crippen LogP contribution is -2.86. The number of hydrogen-bond acceptors (Lipinski definition) is 3. The van der Waals surface area contributed by atoms with Crippen LogP contribution in [0.2, 0.25) is 0 Å². The van der Waals surface area contributed by atoms with Crippen molar-refractivity contribution in [3.63, 3.8) is 0 Å². The summed E-state index contributed by atoms with van der Waals surface area (Å²) in [6, 6.07) is 0. The molecule has 4 aliphatic rings. The SMILES string of the molecule is CC(C)OC(=O)C12CC(C3(N)CC3)(C1)C2(F)F. The van der Waals surface area contributed by atoms with Crippen LogP contribution in [-0.4, -0.2) is 23.5 Å². The zero-order chi connectivity index (χ0) is 12.7. The maximum absolute atomic E-state index is 14.1. The third-order valence-corrected chi connectivity index (χ3v) is 4.88. The Morgan fingerprint density at radius 3 is 2.18 bits per heavy atom. The molecule has 0 atom stereocenters. The Bertz CT molecular complexity index is 395. The minimum absolute atomic E-state index is 0.203. The normalized spacial score (nSPS) is 43.6. The van der Waals surface area contributed by atoms with Gasteiger partial charge in [0.25, 0.3) is 5.92 Å². The third-order valence-electron chi connectivity index (χ3n) is 4.88. The largest absolute Gasteiger partial charge is 0.462 e. The third kappa shape index (κ3) is 0.951. The van der Waals surface area contributed by atoms with Crippen molar-refractivity contribution in [3.8, 4) is 0 Å². The van der Waals surface area contributed by atoms with Crippen molar-refractivity contribution in [1.29, 1.82) is 0 Å². The molecule has 4 aliphatic carbocycles. The molecule has 0 aliphatic heterocycles. The van der Waals surface area contributed by atoms with E-state index in [-0.39, 0.29) is 18.9 Å². The molecular weight excluding hydrogens is 228 g/mol. The number of hydrogen-bond donors (Lipinski definition) is 1. The van der Waals surface area contributed by atoms with Crippen LogP contribution in [0.4, 0.5) is 8.78 Å². The molecule has 2 N–H and O–H groups in total. The van der Waals surface area contributed by atoms with E-state index < -0.39 is 28.3 Å². The fourth-order valence-corrected chi connectivity index (χ4v) is 3.54. The number of ether oxygens (including phenoxy) is 1. The van der Waals surface area contributed by atoms with E-state index in [0.29, 0.717) is 12.8 Å². The molecule has 5 heteroatoms. The molecule has 0 aromatic carbocycles. The highest BCUT2D eigenvalue weighted by atomic mass is 19.3. The summed E-state index contributed by atoms with van der Waals surface area (Å²) in [5, 5.41) is 0. The number of alkyl halides is 2. The van der Waals surface area contributed by atoms with Crippen LogP contribution < -0.4 is 5.73 Å². The highest BCUT2D eigenvalue weighted by Gasteiger charge is 2.96. The smallest absolute Gasteiger partial charge is 0.318 e. The number of rotatable bonds is 3. The maximum atomic E-state index is 14.1. The standard InChI is InChI=1S/C12H17F2NO2/c1-7(2)17-8(16)9-5-10(6-9,12(9,13)14)11(15)3-4-11/h7H,3-6,15H2,1-2H3. The summed E-state index contributed by atoms with van der Waals surface area (Å²) in [5.74, 6) is -3.72. The van der Waals surface area contributed by atoms with Crippen molar-refractivity contribution in [1.82, 2.24) is 0 Å². The van der Waals surface area contributed by atoms with Gasteiger partial charge in [-0.2, -0.15) is 0 Å². The van der Waals surface area contributed by atoms with Crippen LogP contribution >= 0.6 is 0 Å². The van der Waals surface area contributed by atoms with Crippen LogP contribution in [0.15, 0.2) is 0 Å². The van der Waals surface area contributed by atoms with E-state index in [1.807, 2.05) is 0 Å². The molecule has 96 valence electrons. The van der Waals surface area contributed by atoms with E-state index >= 15 is 0 Å². The molecule has 0 heterocycles. The molecule has 0 spiro atoms. The summed E-state index contributed by atoms with van der Waals surface area (Å²) < 4.78 is 33.2. The summed E-state index contributed by atoms with van der Waals surface area (Å²) in [5.41, 5.74) is 2.52. The molecule has 17 heavy (non-hydrogen) atoms. The van der Waals surface area contributed by atoms with Gasteiger partial charge in [0.05, 0.1) is 11.5 Å². The fourth-order valence-electron chi connectivity index (χ4n) is 3.54. The lowest BCUT2D eigenvalue weighted by molar-refractivity contribution is -0.409. The summed E-state index contributed by atoms with van der Waals surface area (Å²) in [4.78, 5) is 11.8. The number of carbonyl (C=O) groups is 1. The molecule has 0 amide bonds. The molecule has 4 rings (SSSR count). The van der Waals surface area contributed by atoms with Crippen molar-refractivity contribution < 1.29 is 18.3 Å². The van der Waals surface area contributed by atoms with Gasteiger partial charge < -0.3 is 10.5 Å². The minimum Gasteiger partial charge on any atom is -0.462 e. The van der Waals surface area contributed by atoms with Crippen molar-refractivity contribution in [3.05, 3.63) is 0 Å². The summed E-state index contributed by atoms with van der Waals surface area (Å²) in [7, 11) is 0. The second-order valence-electron chi connectivity index (χ2n) is 6.20. The van der Waals surface area contributed by atoms with Gasteiger partial charge in [-0.05, 0) is 39.5 Å². The Hall–Kier alpha value is -0.710. The van der Waals surface area contributed by atoms with E-state index in [0.717, 1.165) is 0 Å². The van der Waals surface area contributed by atoms with Crippen molar-refractivity contribution in [2.75, 3.05) is 0 Å². The first-order chi connectivity index (χ1) is 7.71. The van der Waals surface area contributed by atoms with Crippen LogP contribution in [0.5, 0.6) is 0 Å². The molecule has 4 fully saturated rings. The van der Waals surface area contributed by atoms with E-state index in [1.54, 1.807) is 13.8 Å². The topological polar surface area (TPSA) is 52.3 Å². The number of nitrogens with two attached hydrogens (primary N) is 1. The molecular formula is C12H17F2NO2. The van der Waals surface area contributed by atoms with E-state index in [4.69, 9.17) is 10.5 Å². The Morgan fingerprint density at radius 1 is 1.29 bits per heavy atom. The summed E-state index contributed by atoms with van der Waals surface area (Å²) in [6.07, 6.45) is 1.36. The van der Waals surface area contributed by atoms with Gasteiger partial charge in [-0.3, -0.25) is 4.79 Å². The quantitative estimate of drug-likeness (QED) is 0.772. The molecule has 0 unspecified atom stereocenters. The van der Waals surface area contributed by atoms with Crippen LogP contribution in [0.25, 0.3) is 0 Å². The Balaban J connectivity index is 1.81. The van der Waals surface area contributed by atoms with Crippen LogP contribution in [-0.2, 0) is 9.53 Å². The predicted octanol–water partition coefficient (Wildman–Crippen LogP) is 1.84. The maximum Gasteiger partial charge on any atom is 0.318 e. The number of halogens is 2. The zero-order valence-electron chi connectivity index (χ0n) is 10.1. The minimum atomic E-state index is -2.97. The second kappa shape index (κ2) is 2.66. The van der Waals surface area contributed by atoms with Crippen LogP contribution in [0.1, 0.15) is 39.5 Å². The van der Waals surface area contributed by atoms with Gasteiger partial charge >= 0.3 is 5.97 Å². The van der Waals surface area contributed by atoms with Crippen molar-refractivity contribution >= 4 is 5.97 Å². The van der Waals surface area contributed by atoms with Gasteiger partial charge in [0.2, 0.25) is 0 Å². The molecule has 3 nitrogen and oxygen atoms in total. The Labute approximate surface area is 98.7 Å². The van der Waals surface area contributed by atoms with Crippen LogP contribution in [0, 0.1) is 10.8 Å². The summed E-state index contributed by atoms with van der Waals surface area (Å²) in [6.45, 7) is 3.34.